The molecule has 0 unspecified atom stereocenters. The molecule has 2 aliphatic rings. The van der Waals surface area contributed by atoms with Crippen LogP contribution in [0.4, 0.5) is 0 Å². The van der Waals surface area contributed by atoms with Crippen molar-refractivity contribution in [3.63, 3.8) is 0 Å². The van der Waals surface area contributed by atoms with Gasteiger partial charge in [-0.2, -0.15) is 0 Å². The van der Waals surface area contributed by atoms with Gasteiger partial charge in [-0.05, 0) is 56.1 Å². The predicted molar refractivity (Wildman–Crippen MR) is 143 cm³/mol. The molecule has 0 atom stereocenters. The normalized spacial score (nSPS) is 15.8. The maximum Gasteiger partial charge on any atom is 0.179 e. The molecule has 4 heterocycles. The summed E-state index contributed by atoms with van der Waals surface area (Å²) in [6.07, 6.45) is 6.64. The summed E-state index contributed by atoms with van der Waals surface area (Å²) >= 11 is 6.53. The van der Waals surface area contributed by atoms with Gasteiger partial charge in [0.05, 0.1) is 29.5 Å². The van der Waals surface area contributed by atoms with Crippen LogP contribution in [0.1, 0.15) is 24.1 Å². The lowest BCUT2D eigenvalue weighted by atomic mass is 10.0. The minimum atomic E-state index is 0. The van der Waals surface area contributed by atoms with E-state index in [2.05, 4.69) is 20.2 Å². The number of fused-ring (bicyclic) bond motifs is 2. The van der Waals surface area contributed by atoms with E-state index in [1.165, 1.54) is 0 Å². The van der Waals surface area contributed by atoms with Crippen LogP contribution in [-0.2, 0) is 13.0 Å². The Morgan fingerprint density at radius 3 is 2.60 bits per heavy atom. The van der Waals surface area contributed by atoms with Crippen molar-refractivity contribution in [3.05, 3.63) is 52.9 Å². The smallest absolute Gasteiger partial charge is 0.179 e. The van der Waals surface area contributed by atoms with Gasteiger partial charge in [0.15, 0.2) is 11.5 Å². The molecule has 1 saturated heterocycles. The largest absolute Gasteiger partial charge is 0.497 e. The van der Waals surface area contributed by atoms with Crippen LogP contribution in [0, 0.1) is 0 Å². The minimum Gasteiger partial charge on any atom is -0.497 e. The molecule has 2 aromatic heterocycles. The van der Waals surface area contributed by atoms with Crippen LogP contribution in [0.2, 0.25) is 5.02 Å². The molecule has 1 fully saturated rings. The van der Waals surface area contributed by atoms with E-state index in [4.69, 9.17) is 25.8 Å². The van der Waals surface area contributed by atoms with Gasteiger partial charge >= 0.3 is 0 Å². The Labute approximate surface area is 223 Å². The van der Waals surface area contributed by atoms with E-state index >= 15 is 0 Å². The van der Waals surface area contributed by atoms with Crippen LogP contribution in [0.5, 0.6) is 17.2 Å². The average molecular weight is 542 g/mol. The zero-order valence-corrected chi connectivity index (χ0v) is 22.1. The summed E-state index contributed by atoms with van der Waals surface area (Å²) in [7, 11) is 1.68. The molecule has 0 radical (unpaired) electrons. The third kappa shape index (κ3) is 6.60. The standard InChI is InChI=1S/C25H29ClN4O3.2ClH/c1-31-19-2-3-23-21(13-19)20(22(26)15-29-23)6-9-30-7-4-17(5-8-30)27-14-18-12-24-25(16-28-18)33-11-10-32-24;;/h2-3,12-13,15-17,27H,4-11,14H2,1H3;2*1H. The Morgan fingerprint density at radius 1 is 1.06 bits per heavy atom. The lowest BCUT2D eigenvalue weighted by molar-refractivity contribution is 0.170. The van der Waals surface area contributed by atoms with Crippen LogP contribution in [-0.4, -0.2) is 60.9 Å². The summed E-state index contributed by atoms with van der Waals surface area (Å²) in [6.45, 7) is 5.03. The lowest BCUT2D eigenvalue weighted by Crippen LogP contribution is -2.43. The Morgan fingerprint density at radius 2 is 1.83 bits per heavy atom. The average Bonchev–Trinajstić information content (AvgIpc) is 2.87. The number of nitrogens with zero attached hydrogens (tertiary/aromatic N) is 3. The summed E-state index contributed by atoms with van der Waals surface area (Å²) in [5, 5.41) is 5.45. The molecule has 5 rings (SSSR count). The maximum absolute atomic E-state index is 6.53. The van der Waals surface area contributed by atoms with Gasteiger partial charge in [-0.25, -0.2) is 0 Å². The minimum absolute atomic E-state index is 0. The maximum atomic E-state index is 6.53. The second-order valence-electron chi connectivity index (χ2n) is 8.53. The van der Waals surface area contributed by atoms with Crippen LogP contribution < -0.4 is 19.5 Å². The van der Waals surface area contributed by atoms with E-state index in [0.717, 1.165) is 89.9 Å². The summed E-state index contributed by atoms with van der Waals surface area (Å²) in [4.78, 5) is 11.5. The molecule has 2 aliphatic heterocycles. The first kappa shape index (κ1) is 27.6. The van der Waals surface area contributed by atoms with E-state index in [9.17, 15) is 0 Å². The van der Waals surface area contributed by atoms with Crippen molar-refractivity contribution in [2.24, 2.45) is 0 Å². The van der Waals surface area contributed by atoms with Gasteiger partial charge < -0.3 is 24.4 Å². The van der Waals surface area contributed by atoms with Crippen molar-refractivity contribution in [3.8, 4) is 17.2 Å². The Hall–Kier alpha value is -2.03. The molecule has 35 heavy (non-hydrogen) atoms. The fourth-order valence-electron chi connectivity index (χ4n) is 4.55. The molecule has 10 heteroatoms. The van der Waals surface area contributed by atoms with Gasteiger partial charge in [0.2, 0.25) is 0 Å². The molecule has 1 N–H and O–H groups in total. The number of aromatic nitrogens is 2. The van der Waals surface area contributed by atoms with Gasteiger partial charge in [-0.15, -0.1) is 24.8 Å². The Bertz CT molecular complexity index is 1130. The second-order valence-corrected chi connectivity index (χ2v) is 8.94. The molecule has 0 saturated carbocycles. The summed E-state index contributed by atoms with van der Waals surface area (Å²) in [6, 6.07) is 8.43. The van der Waals surface area contributed by atoms with Gasteiger partial charge in [-0.3, -0.25) is 9.97 Å². The highest BCUT2D eigenvalue weighted by molar-refractivity contribution is 6.32. The zero-order valence-electron chi connectivity index (χ0n) is 19.7. The molecule has 0 spiro atoms. The van der Waals surface area contributed by atoms with Crippen LogP contribution >= 0.6 is 36.4 Å². The fourth-order valence-corrected chi connectivity index (χ4v) is 4.79. The molecule has 3 aromatic rings. The highest BCUT2D eigenvalue weighted by Crippen LogP contribution is 2.30. The number of ether oxygens (including phenoxy) is 3. The third-order valence-corrected chi connectivity index (χ3v) is 6.78. The molecule has 0 aliphatic carbocycles. The number of rotatable bonds is 7. The van der Waals surface area contributed by atoms with Gasteiger partial charge in [0.25, 0.3) is 0 Å². The zero-order chi connectivity index (χ0) is 22.6. The number of hydrogen-bond acceptors (Lipinski definition) is 7. The van der Waals surface area contributed by atoms with Crippen molar-refractivity contribution in [1.29, 1.82) is 0 Å². The molecule has 190 valence electrons. The molecule has 1 aromatic carbocycles. The van der Waals surface area contributed by atoms with E-state index in [1.54, 1.807) is 19.5 Å². The number of halogens is 3. The molecular weight excluding hydrogens is 511 g/mol. The van der Waals surface area contributed by atoms with Crippen LogP contribution in [0.3, 0.4) is 0 Å². The number of likely N-dealkylation sites (tertiary alicyclic amines) is 1. The second kappa shape index (κ2) is 12.8. The van der Waals surface area contributed by atoms with Crippen molar-refractivity contribution in [2.75, 3.05) is 40.0 Å². The fraction of sp³-hybridized carbons (Fsp3) is 0.440. The number of methoxy groups -OCH3 is 1. The summed E-state index contributed by atoms with van der Waals surface area (Å²) in [5.41, 5.74) is 3.08. The monoisotopic (exact) mass is 540 g/mol. The first-order chi connectivity index (χ1) is 16.2. The van der Waals surface area contributed by atoms with Gasteiger partial charge in [0, 0.05) is 36.8 Å². The van der Waals surface area contributed by atoms with Gasteiger partial charge in [0.1, 0.15) is 19.0 Å². The number of pyridine rings is 2. The van der Waals surface area contributed by atoms with E-state index < -0.39 is 0 Å². The van der Waals surface area contributed by atoms with Crippen LogP contribution in [0.25, 0.3) is 10.9 Å². The van der Waals surface area contributed by atoms with Crippen molar-refractivity contribution >= 4 is 47.3 Å². The predicted octanol–water partition coefficient (Wildman–Crippen LogP) is 4.70. The Kier molecular flexibility index (Phi) is 10.1. The van der Waals surface area contributed by atoms with E-state index in [0.29, 0.717) is 19.3 Å². The molecule has 7 nitrogen and oxygen atoms in total. The number of hydrogen-bond donors (Lipinski definition) is 1. The number of piperidine rings is 1. The van der Waals surface area contributed by atoms with Crippen molar-refractivity contribution in [2.45, 2.75) is 31.8 Å². The quantitative estimate of drug-likeness (QED) is 0.465. The highest BCUT2D eigenvalue weighted by atomic mass is 35.5. The molecule has 0 bridgehead atoms. The highest BCUT2D eigenvalue weighted by Gasteiger charge is 2.20. The number of nitrogens with one attached hydrogen (secondary N) is 1. The van der Waals surface area contributed by atoms with Crippen molar-refractivity contribution < 1.29 is 14.2 Å². The first-order valence-electron chi connectivity index (χ1n) is 11.5. The van der Waals surface area contributed by atoms with Crippen LogP contribution in [0.15, 0.2) is 36.7 Å². The number of benzene rings is 1. The van der Waals surface area contributed by atoms with E-state index in [-0.39, 0.29) is 24.8 Å². The SMILES string of the molecule is COc1ccc2ncc(Cl)c(CCN3CCC(NCc4cc5c(cn4)OCCO5)CC3)c2c1.Cl.Cl. The first-order valence-corrected chi connectivity index (χ1v) is 11.9. The summed E-state index contributed by atoms with van der Waals surface area (Å²) in [5.74, 6) is 2.36. The summed E-state index contributed by atoms with van der Waals surface area (Å²) < 4.78 is 16.6. The molecule has 0 amide bonds. The lowest BCUT2D eigenvalue weighted by Gasteiger charge is -2.32. The third-order valence-electron chi connectivity index (χ3n) is 6.46. The van der Waals surface area contributed by atoms with E-state index in [1.807, 2.05) is 24.3 Å². The van der Waals surface area contributed by atoms with Gasteiger partial charge in [-0.1, -0.05) is 11.6 Å². The molecular formula is C25H31Cl3N4O3. The Balaban J connectivity index is 0.00000171. The topological polar surface area (TPSA) is 68.7 Å². The van der Waals surface area contributed by atoms with Crippen molar-refractivity contribution in [1.82, 2.24) is 20.2 Å².